The summed E-state index contributed by atoms with van der Waals surface area (Å²) in [5.41, 5.74) is 0.966. The summed E-state index contributed by atoms with van der Waals surface area (Å²) < 4.78 is 13.7. The Kier molecular flexibility index (Phi) is 4.88. The normalized spacial score (nSPS) is 11.8. The molecule has 0 spiro atoms. The molecule has 1 atom stereocenters. The number of amides is 2. The number of carbonyl (C=O) groups is 2. The van der Waals surface area contributed by atoms with Gasteiger partial charge in [0.1, 0.15) is 11.9 Å². The Morgan fingerprint density at radius 3 is 2.58 bits per heavy atom. The second-order valence-electron chi connectivity index (χ2n) is 4.14. The Morgan fingerprint density at radius 2 is 2.05 bits per heavy atom. The number of nitrogens with one attached hydrogen (secondary N) is 1. The number of benzene rings is 1. The van der Waals surface area contributed by atoms with E-state index in [1.807, 2.05) is 0 Å². The second kappa shape index (κ2) is 6.01. The largest absolute Gasteiger partial charge is 0.480 e. The second-order valence-corrected chi connectivity index (χ2v) is 4.99. The minimum atomic E-state index is -1.11. The molecule has 0 aliphatic heterocycles. The Labute approximate surface area is 118 Å². The molecule has 0 radical (unpaired) electrons. The van der Waals surface area contributed by atoms with Crippen molar-refractivity contribution in [3.05, 3.63) is 28.0 Å². The molecule has 0 aliphatic rings. The number of carbonyl (C=O) groups excluding carboxylic acids is 1. The van der Waals surface area contributed by atoms with Crippen LogP contribution in [0.5, 0.6) is 0 Å². The average Bonchev–Trinajstić information content (AvgIpc) is 2.33. The van der Waals surface area contributed by atoms with Crippen LogP contribution < -0.4 is 5.32 Å². The van der Waals surface area contributed by atoms with E-state index in [9.17, 15) is 14.0 Å². The minimum absolute atomic E-state index is 0.301. The van der Waals surface area contributed by atoms with Crippen molar-refractivity contribution in [2.75, 3.05) is 12.4 Å². The van der Waals surface area contributed by atoms with Crippen LogP contribution in [0.4, 0.5) is 14.9 Å². The van der Waals surface area contributed by atoms with Gasteiger partial charge in [-0.3, -0.25) is 0 Å². The van der Waals surface area contributed by atoms with Crippen LogP contribution in [0.3, 0.4) is 0 Å². The van der Waals surface area contributed by atoms with E-state index in [2.05, 4.69) is 21.2 Å². The number of halogens is 2. The number of hydrogen-bond donors (Lipinski definition) is 2. The van der Waals surface area contributed by atoms with Gasteiger partial charge in [0.2, 0.25) is 0 Å². The molecule has 0 fully saturated rings. The summed E-state index contributed by atoms with van der Waals surface area (Å²) in [4.78, 5) is 23.6. The maximum atomic E-state index is 13.4. The van der Waals surface area contributed by atoms with Crippen molar-refractivity contribution in [1.29, 1.82) is 0 Å². The number of nitrogens with zero attached hydrogens (tertiary/aromatic N) is 1. The number of carboxylic acid groups (broad SMARTS) is 1. The Morgan fingerprint density at radius 1 is 1.47 bits per heavy atom. The van der Waals surface area contributed by atoms with Gasteiger partial charge in [0.15, 0.2) is 0 Å². The lowest BCUT2D eigenvalue weighted by Gasteiger charge is -2.22. The maximum absolute atomic E-state index is 13.4. The zero-order valence-corrected chi connectivity index (χ0v) is 12.3. The number of rotatable bonds is 3. The molecule has 5 nitrogen and oxygen atoms in total. The van der Waals surface area contributed by atoms with Crippen LogP contribution in [-0.4, -0.2) is 35.1 Å². The molecule has 1 aromatic rings. The summed E-state index contributed by atoms with van der Waals surface area (Å²) in [6, 6.07) is 1.13. The third-order valence-corrected chi connectivity index (χ3v) is 3.38. The standard InChI is InChI=1S/C12H14BrFN2O3/c1-6-4-8(13)9(14)5-10(6)15-12(19)16(3)7(2)11(17)18/h4-5,7H,1-3H3,(H,15,19)(H,17,18). The van der Waals surface area contributed by atoms with Gasteiger partial charge in [-0.15, -0.1) is 0 Å². The number of aryl methyl sites for hydroxylation is 1. The molecular formula is C12H14BrFN2O3. The smallest absolute Gasteiger partial charge is 0.326 e. The van der Waals surface area contributed by atoms with Crippen molar-refractivity contribution in [3.8, 4) is 0 Å². The van der Waals surface area contributed by atoms with Crippen molar-refractivity contribution in [1.82, 2.24) is 4.90 Å². The highest BCUT2D eigenvalue weighted by Crippen LogP contribution is 2.24. The minimum Gasteiger partial charge on any atom is -0.480 e. The summed E-state index contributed by atoms with van der Waals surface area (Å²) >= 11 is 3.04. The quantitative estimate of drug-likeness (QED) is 0.894. The first-order valence-corrected chi connectivity index (χ1v) is 6.25. The van der Waals surface area contributed by atoms with E-state index >= 15 is 0 Å². The lowest BCUT2D eigenvalue weighted by Crippen LogP contribution is -2.42. The number of carboxylic acids is 1. The molecule has 1 rings (SSSR count). The van der Waals surface area contributed by atoms with E-state index in [0.717, 1.165) is 4.90 Å². The Hall–Kier alpha value is -1.63. The zero-order chi connectivity index (χ0) is 14.7. The third-order valence-electron chi connectivity index (χ3n) is 2.77. The molecule has 0 bridgehead atoms. The van der Waals surface area contributed by atoms with Crippen LogP contribution in [0.25, 0.3) is 0 Å². The molecule has 2 amide bonds. The monoisotopic (exact) mass is 332 g/mol. The van der Waals surface area contributed by atoms with E-state index in [1.54, 1.807) is 6.92 Å². The molecule has 0 aromatic heterocycles. The summed E-state index contributed by atoms with van der Waals surface area (Å²) in [6.45, 7) is 3.09. The van der Waals surface area contributed by atoms with Gasteiger partial charge < -0.3 is 15.3 Å². The molecule has 0 saturated heterocycles. The molecule has 0 heterocycles. The highest BCUT2D eigenvalue weighted by atomic mass is 79.9. The van der Waals surface area contributed by atoms with Gasteiger partial charge in [0.05, 0.1) is 4.47 Å². The molecular weight excluding hydrogens is 319 g/mol. The van der Waals surface area contributed by atoms with Crippen molar-refractivity contribution in [2.24, 2.45) is 0 Å². The van der Waals surface area contributed by atoms with Crippen LogP contribution >= 0.6 is 15.9 Å². The van der Waals surface area contributed by atoms with Crippen LogP contribution in [-0.2, 0) is 4.79 Å². The summed E-state index contributed by atoms with van der Waals surface area (Å²) in [5, 5.41) is 11.3. The van der Waals surface area contributed by atoms with E-state index in [0.29, 0.717) is 15.7 Å². The lowest BCUT2D eigenvalue weighted by molar-refractivity contribution is -0.141. The fraction of sp³-hybridized carbons (Fsp3) is 0.333. The number of hydrogen-bond acceptors (Lipinski definition) is 2. The Bertz CT molecular complexity index is 522. The highest BCUT2D eigenvalue weighted by molar-refractivity contribution is 9.10. The van der Waals surface area contributed by atoms with E-state index in [1.165, 1.54) is 26.1 Å². The predicted molar refractivity (Wildman–Crippen MR) is 72.7 cm³/mol. The predicted octanol–water partition coefficient (Wildman–Crippen LogP) is 2.83. The summed E-state index contributed by atoms with van der Waals surface area (Å²) in [7, 11) is 1.36. The van der Waals surface area contributed by atoms with Gasteiger partial charge >= 0.3 is 12.0 Å². The first kappa shape index (κ1) is 15.4. The fourth-order valence-corrected chi connectivity index (χ4v) is 1.78. The third kappa shape index (κ3) is 3.66. The van der Waals surface area contributed by atoms with Crippen molar-refractivity contribution in [2.45, 2.75) is 19.9 Å². The fourth-order valence-electron chi connectivity index (χ4n) is 1.33. The molecule has 19 heavy (non-hydrogen) atoms. The molecule has 104 valence electrons. The van der Waals surface area contributed by atoms with Crippen LogP contribution in [0.15, 0.2) is 16.6 Å². The molecule has 0 saturated carbocycles. The van der Waals surface area contributed by atoms with Gasteiger partial charge in [0, 0.05) is 12.7 Å². The molecule has 0 aliphatic carbocycles. The first-order valence-electron chi connectivity index (χ1n) is 5.46. The van der Waals surface area contributed by atoms with Gasteiger partial charge in [-0.1, -0.05) is 0 Å². The van der Waals surface area contributed by atoms with Crippen LogP contribution in [0, 0.1) is 12.7 Å². The topological polar surface area (TPSA) is 69.6 Å². The molecule has 2 N–H and O–H groups in total. The highest BCUT2D eigenvalue weighted by Gasteiger charge is 2.22. The molecule has 1 unspecified atom stereocenters. The molecule has 1 aromatic carbocycles. The van der Waals surface area contributed by atoms with E-state index < -0.39 is 23.9 Å². The van der Waals surface area contributed by atoms with Gasteiger partial charge in [0.25, 0.3) is 0 Å². The SMILES string of the molecule is Cc1cc(Br)c(F)cc1NC(=O)N(C)C(C)C(=O)O. The number of aliphatic carboxylic acids is 1. The maximum Gasteiger partial charge on any atom is 0.326 e. The molecule has 7 heteroatoms. The van der Waals surface area contributed by atoms with Crippen molar-refractivity contribution < 1.29 is 19.1 Å². The first-order chi connectivity index (χ1) is 8.73. The van der Waals surface area contributed by atoms with Gasteiger partial charge in [-0.2, -0.15) is 0 Å². The number of urea groups is 1. The summed E-state index contributed by atoms with van der Waals surface area (Å²) in [5.74, 6) is -1.62. The number of anilines is 1. The zero-order valence-electron chi connectivity index (χ0n) is 10.7. The van der Waals surface area contributed by atoms with Gasteiger partial charge in [-0.25, -0.2) is 14.0 Å². The van der Waals surface area contributed by atoms with Crippen LogP contribution in [0.2, 0.25) is 0 Å². The number of likely N-dealkylation sites (N-methyl/N-ethyl adjacent to an activating group) is 1. The Balaban J connectivity index is 2.88. The summed E-state index contributed by atoms with van der Waals surface area (Å²) in [6.07, 6.45) is 0. The lowest BCUT2D eigenvalue weighted by atomic mass is 10.2. The van der Waals surface area contributed by atoms with E-state index in [-0.39, 0.29) is 0 Å². The van der Waals surface area contributed by atoms with Crippen molar-refractivity contribution >= 4 is 33.6 Å². The average molecular weight is 333 g/mol. The van der Waals surface area contributed by atoms with E-state index in [4.69, 9.17) is 5.11 Å². The van der Waals surface area contributed by atoms with Crippen LogP contribution in [0.1, 0.15) is 12.5 Å². The van der Waals surface area contributed by atoms with Crippen molar-refractivity contribution in [3.63, 3.8) is 0 Å². The van der Waals surface area contributed by atoms with Gasteiger partial charge in [-0.05, 0) is 47.5 Å².